The van der Waals surface area contributed by atoms with Gasteiger partial charge in [-0.1, -0.05) is 6.92 Å². The highest BCUT2D eigenvalue weighted by Gasteiger charge is 2.26. The van der Waals surface area contributed by atoms with E-state index in [1.54, 1.807) is 17.7 Å². The van der Waals surface area contributed by atoms with E-state index in [0.29, 0.717) is 12.1 Å². The molecule has 0 unspecified atom stereocenters. The van der Waals surface area contributed by atoms with E-state index in [4.69, 9.17) is 5.73 Å². The number of hydrogen-bond acceptors (Lipinski definition) is 5. The molecule has 0 amide bonds. The summed E-state index contributed by atoms with van der Waals surface area (Å²) in [6.07, 6.45) is 4.76. The van der Waals surface area contributed by atoms with Crippen LogP contribution in [-0.4, -0.2) is 22.1 Å². The van der Waals surface area contributed by atoms with Crippen molar-refractivity contribution in [3.63, 3.8) is 0 Å². The molecule has 90 valence electrons. The molecule has 1 aliphatic carbocycles. The van der Waals surface area contributed by atoms with Gasteiger partial charge in [0.1, 0.15) is 17.0 Å². The highest BCUT2D eigenvalue weighted by Crippen LogP contribution is 2.30. The minimum Gasteiger partial charge on any atom is -0.367 e. The summed E-state index contributed by atoms with van der Waals surface area (Å²) in [7, 11) is 0. The summed E-state index contributed by atoms with van der Waals surface area (Å²) in [5, 5.41) is 4.61. The Morgan fingerprint density at radius 2 is 2.29 bits per heavy atom. The molecule has 2 aromatic heterocycles. The smallest absolute Gasteiger partial charge is 0.138 e. The van der Waals surface area contributed by atoms with Crippen molar-refractivity contribution in [3.8, 4) is 0 Å². The lowest BCUT2D eigenvalue weighted by atomic mass is 9.87. The second-order valence-electron chi connectivity index (χ2n) is 4.58. The molecule has 17 heavy (non-hydrogen) atoms. The van der Waals surface area contributed by atoms with Gasteiger partial charge in [-0.3, -0.25) is 0 Å². The molecule has 0 spiro atoms. The zero-order valence-electron chi connectivity index (χ0n) is 9.81. The number of aryl methyl sites for hydroxylation is 1. The van der Waals surface area contributed by atoms with Crippen molar-refractivity contribution in [2.75, 3.05) is 5.32 Å². The predicted octanol–water partition coefficient (Wildman–Crippen LogP) is 2.16. The van der Waals surface area contributed by atoms with Crippen molar-refractivity contribution in [1.29, 1.82) is 0 Å². The molecule has 1 fully saturated rings. The fourth-order valence-corrected chi connectivity index (χ4v) is 3.10. The fraction of sp³-hybridized carbons (Fsp3) is 0.500. The second-order valence-corrected chi connectivity index (χ2v) is 5.70. The predicted molar refractivity (Wildman–Crippen MR) is 71.4 cm³/mol. The van der Waals surface area contributed by atoms with Gasteiger partial charge in [0.15, 0.2) is 0 Å². The number of anilines is 1. The number of nitrogens with zero attached hydrogens (tertiary/aromatic N) is 2. The Labute approximate surface area is 104 Å². The Morgan fingerprint density at radius 1 is 1.47 bits per heavy atom. The minimum absolute atomic E-state index is 0.360. The summed E-state index contributed by atoms with van der Waals surface area (Å²) < 4.78 is 0. The van der Waals surface area contributed by atoms with Crippen LogP contribution in [0.25, 0.3) is 10.2 Å². The fourth-order valence-electron chi connectivity index (χ4n) is 2.17. The van der Waals surface area contributed by atoms with Crippen LogP contribution in [0, 0.1) is 0 Å². The third kappa shape index (κ3) is 2.00. The number of aromatic nitrogens is 2. The van der Waals surface area contributed by atoms with Crippen LogP contribution in [0.1, 0.15) is 24.6 Å². The molecule has 0 atom stereocenters. The molecule has 1 aliphatic rings. The lowest BCUT2D eigenvalue weighted by Crippen LogP contribution is -2.44. The lowest BCUT2D eigenvalue weighted by Gasteiger charge is -2.33. The first kappa shape index (κ1) is 10.9. The number of fused-ring (bicyclic) bond motifs is 1. The first-order valence-electron chi connectivity index (χ1n) is 6.01. The van der Waals surface area contributed by atoms with Gasteiger partial charge in [0.25, 0.3) is 0 Å². The van der Waals surface area contributed by atoms with Crippen LogP contribution in [-0.2, 0) is 6.42 Å². The van der Waals surface area contributed by atoms with Crippen molar-refractivity contribution in [3.05, 3.63) is 17.3 Å². The van der Waals surface area contributed by atoms with Crippen molar-refractivity contribution < 1.29 is 0 Å². The second kappa shape index (κ2) is 4.23. The zero-order valence-corrected chi connectivity index (χ0v) is 10.6. The monoisotopic (exact) mass is 248 g/mol. The lowest BCUT2D eigenvalue weighted by molar-refractivity contribution is 0.373. The minimum atomic E-state index is 0.360. The van der Waals surface area contributed by atoms with Gasteiger partial charge in [0.05, 0.1) is 5.39 Å². The average Bonchev–Trinajstić information content (AvgIpc) is 2.71. The van der Waals surface area contributed by atoms with Crippen molar-refractivity contribution in [2.45, 2.75) is 38.3 Å². The highest BCUT2D eigenvalue weighted by molar-refractivity contribution is 7.18. The van der Waals surface area contributed by atoms with Crippen LogP contribution >= 0.6 is 11.3 Å². The summed E-state index contributed by atoms with van der Waals surface area (Å²) in [5.41, 5.74) is 5.79. The van der Waals surface area contributed by atoms with Crippen LogP contribution in [0.4, 0.5) is 5.82 Å². The summed E-state index contributed by atoms with van der Waals surface area (Å²) in [5.74, 6) is 0.961. The van der Waals surface area contributed by atoms with E-state index >= 15 is 0 Å². The molecule has 3 rings (SSSR count). The number of hydrogen-bond donors (Lipinski definition) is 2. The Balaban J connectivity index is 1.90. The first-order valence-corrected chi connectivity index (χ1v) is 6.83. The largest absolute Gasteiger partial charge is 0.367 e. The quantitative estimate of drug-likeness (QED) is 0.873. The summed E-state index contributed by atoms with van der Waals surface area (Å²) in [6, 6.07) is 3.03. The van der Waals surface area contributed by atoms with Crippen LogP contribution in [0.2, 0.25) is 0 Å². The molecule has 5 heteroatoms. The van der Waals surface area contributed by atoms with Crippen LogP contribution in [0.15, 0.2) is 12.4 Å². The average molecular weight is 248 g/mol. The molecule has 1 saturated carbocycles. The first-order chi connectivity index (χ1) is 8.26. The van der Waals surface area contributed by atoms with E-state index in [0.717, 1.165) is 35.3 Å². The molecule has 2 aromatic rings. The number of nitrogens with one attached hydrogen (secondary N) is 1. The van der Waals surface area contributed by atoms with E-state index in [2.05, 4.69) is 28.3 Å². The van der Waals surface area contributed by atoms with Gasteiger partial charge in [-0.15, -0.1) is 11.3 Å². The number of rotatable bonds is 3. The normalized spacial score (nSPS) is 23.6. The SMILES string of the molecule is CCc1cc2c(NC3CC(N)C3)ncnc2s1. The molecule has 4 nitrogen and oxygen atoms in total. The maximum Gasteiger partial charge on any atom is 0.138 e. The molecule has 2 heterocycles. The summed E-state index contributed by atoms with van der Waals surface area (Å²) >= 11 is 1.75. The van der Waals surface area contributed by atoms with Gasteiger partial charge in [-0.25, -0.2) is 9.97 Å². The third-order valence-electron chi connectivity index (χ3n) is 3.24. The molecule has 0 radical (unpaired) electrons. The molecule has 0 saturated heterocycles. The molecular weight excluding hydrogens is 232 g/mol. The Morgan fingerprint density at radius 3 is 3.00 bits per heavy atom. The maximum absolute atomic E-state index is 5.79. The third-order valence-corrected chi connectivity index (χ3v) is 4.43. The van der Waals surface area contributed by atoms with E-state index < -0.39 is 0 Å². The van der Waals surface area contributed by atoms with Crippen LogP contribution in [0.3, 0.4) is 0 Å². The standard InChI is InChI=1S/C12H16N4S/c1-2-9-5-10-11(14-6-15-12(10)17-9)16-8-3-7(13)4-8/h5-8H,2-4,13H2,1H3,(H,14,15,16). The van der Waals surface area contributed by atoms with E-state index in [-0.39, 0.29) is 0 Å². The molecule has 3 N–H and O–H groups in total. The molecule has 0 aromatic carbocycles. The summed E-state index contributed by atoms with van der Waals surface area (Å²) in [6.45, 7) is 2.16. The maximum atomic E-state index is 5.79. The van der Waals surface area contributed by atoms with Crippen LogP contribution in [0.5, 0.6) is 0 Å². The number of nitrogens with two attached hydrogens (primary N) is 1. The van der Waals surface area contributed by atoms with Crippen molar-refractivity contribution >= 4 is 27.4 Å². The van der Waals surface area contributed by atoms with Crippen molar-refractivity contribution in [2.24, 2.45) is 5.73 Å². The number of thiophene rings is 1. The van der Waals surface area contributed by atoms with Gasteiger partial charge in [0.2, 0.25) is 0 Å². The van der Waals surface area contributed by atoms with Crippen LogP contribution < -0.4 is 11.1 Å². The Hall–Kier alpha value is -1.20. The molecular formula is C12H16N4S. The molecule has 0 bridgehead atoms. The zero-order chi connectivity index (χ0) is 11.8. The molecule has 0 aliphatic heterocycles. The van der Waals surface area contributed by atoms with Gasteiger partial charge in [-0.2, -0.15) is 0 Å². The Bertz CT molecular complexity index is 530. The van der Waals surface area contributed by atoms with E-state index in [1.807, 2.05) is 0 Å². The van der Waals surface area contributed by atoms with E-state index in [1.165, 1.54) is 4.88 Å². The van der Waals surface area contributed by atoms with E-state index in [9.17, 15) is 0 Å². The van der Waals surface area contributed by atoms with Gasteiger partial charge in [-0.05, 0) is 25.3 Å². The van der Waals surface area contributed by atoms with Gasteiger partial charge < -0.3 is 11.1 Å². The Kier molecular flexibility index (Phi) is 2.72. The summed E-state index contributed by atoms with van der Waals surface area (Å²) in [4.78, 5) is 11.1. The highest BCUT2D eigenvalue weighted by atomic mass is 32.1. The van der Waals surface area contributed by atoms with Gasteiger partial charge >= 0.3 is 0 Å². The van der Waals surface area contributed by atoms with Gasteiger partial charge in [0, 0.05) is 17.0 Å². The van der Waals surface area contributed by atoms with Crippen molar-refractivity contribution in [1.82, 2.24) is 9.97 Å². The topological polar surface area (TPSA) is 63.8 Å².